The second-order valence-electron chi connectivity index (χ2n) is 6.84. The number of likely N-dealkylation sites (tertiary alicyclic amines) is 1. The second-order valence-corrected chi connectivity index (χ2v) is 6.84. The Morgan fingerprint density at radius 3 is 2.78 bits per heavy atom. The van der Waals surface area contributed by atoms with Crippen molar-refractivity contribution in [3.05, 3.63) is 0 Å². The summed E-state index contributed by atoms with van der Waals surface area (Å²) in [6, 6.07) is 0.296. The molecule has 0 aromatic rings. The van der Waals surface area contributed by atoms with Crippen LogP contribution in [-0.4, -0.2) is 35.8 Å². The summed E-state index contributed by atoms with van der Waals surface area (Å²) in [6.07, 6.45) is 3.06. The molecule has 2 fully saturated rings. The van der Waals surface area contributed by atoms with Crippen LogP contribution in [0, 0.1) is 11.3 Å². The van der Waals surface area contributed by atoms with E-state index in [0.717, 1.165) is 25.9 Å². The Hall–Kier alpha value is -1.06. The molecule has 2 aliphatic rings. The van der Waals surface area contributed by atoms with Gasteiger partial charge in [-0.05, 0) is 24.2 Å². The fraction of sp³-hybridized carbons (Fsp3) is 0.857. The monoisotopic (exact) mass is 252 g/mol. The van der Waals surface area contributed by atoms with E-state index in [1.807, 2.05) is 4.90 Å². The Kier molecular flexibility index (Phi) is 3.64. The zero-order chi connectivity index (χ0) is 13.3. The normalized spacial score (nSPS) is 28.6. The Morgan fingerprint density at radius 2 is 2.11 bits per heavy atom. The number of carbonyl (C=O) groups excluding carboxylic acids is 2. The van der Waals surface area contributed by atoms with Crippen molar-refractivity contribution in [3.8, 4) is 0 Å². The van der Waals surface area contributed by atoms with Gasteiger partial charge in [-0.2, -0.15) is 0 Å². The van der Waals surface area contributed by atoms with Crippen LogP contribution in [0.4, 0.5) is 0 Å². The van der Waals surface area contributed by atoms with Gasteiger partial charge >= 0.3 is 0 Å². The first-order valence-electron chi connectivity index (χ1n) is 6.92. The molecule has 4 heteroatoms. The van der Waals surface area contributed by atoms with Crippen molar-refractivity contribution in [2.75, 3.05) is 13.1 Å². The highest BCUT2D eigenvalue weighted by Crippen LogP contribution is 2.27. The second kappa shape index (κ2) is 4.90. The lowest BCUT2D eigenvalue weighted by molar-refractivity contribution is -0.136. The van der Waals surface area contributed by atoms with Gasteiger partial charge in [0.2, 0.25) is 11.8 Å². The topological polar surface area (TPSA) is 49.4 Å². The summed E-state index contributed by atoms with van der Waals surface area (Å²) >= 11 is 0. The van der Waals surface area contributed by atoms with Crippen LogP contribution in [0.1, 0.15) is 46.5 Å². The van der Waals surface area contributed by atoms with Crippen molar-refractivity contribution in [1.29, 1.82) is 0 Å². The number of amides is 2. The molecule has 0 aromatic carbocycles. The van der Waals surface area contributed by atoms with E-state index < -0.39 is 0 Å². The third-order valence-electron chi connectivity index (χ3n) is 3.86. The van der Waals surface area contributed by atoms with Crippen LogP contribution in [0.2, 0.25) is 0 Å². The largest absolute Gasteiger partial charge is 0.353 e. The molecule has 0 saturated carbocycles. The van der Waals surface area contributed by atoms with Crippen molar-refractivity contribution < 1.29 is 9.59 Å². The average molecular weight is 252 g/mol. The van der Waals surface area contributed by atoms with E-state index in [1.54, 1.807) is 0 Å². The van der Waals surface area contributed by atoms with E-state index in [-0.39, 0.29) is 17.2 Å². The molecule has 102 valence electrons. The molecule has 1 N–H and O–H groups in total. The van der Waals surface area contributed by atoms with Gasteiger partial charge < -0.3 is 10.2 Å². The molecule has 0 spiro atoms. The standard InChI is InChI=1S/C14H24N2O2/c1-14(2,3)8-13(18)16-7-6-11-10(9-16)4-5-12(17)15-11/h10-11H,4-9H2,1-3H3,(H,15,17). The molecule has 2 rings (SSSR count). The minimum absolute atomic E-state index is 0.0503. The van der Waals surface area contributed by atoms with Crippen molar-refractivity contribution >= 4 is 11.8 Å². The maximum atomic E-state index is 12.2. The first kappa shape index (κ1) is 13.4. The molecule has 18 heavy (non-hydrogen) atoms. The van der Waals surface area contributed by atoms with E-state index in [1.165, 1.54) is 0 Å². The summed E-state index contributed by atoms with van der Waals surface area (Å²) in [4.78, 5) is 25.5. The fourth-order valence-electron chi connectivity index (χ4n) is 2.90. The number of carbonyl (C=O) groups is 2. The zero-order valence-electron chi connectivity index (χ0n) is 11.7. The lowest BCUT2D eigenvalue weighted by atomic mass is 9.84. The lowest BCUT2D eigenvalue weighted by Crippen LogP contribution is -2.55. The van der Waals surface area contributed by atoms with Crippen LogP contribution in [0.15, 0.2) is 0 Å². The van der Waals surface area contributed by atoms with E-state index in [4.69, 9.17) is 0 Å². The van der Waals surface area contributed by atoms with Crippen molar-refractivity contribution in [2.24, 2.45) is 11.3 Å². The zero-order valence-corrected chi connectivity index (χ0v) is 11.7. The minimum atomic E-state index is 0.0503. The number of rotatable bonds is 1. The number of nitrogens with one attached hydrogen (secondary N) is 1. The quantitative estimate of drug-likeness (QED) is 0.769. The predicted molar refractivity (Wildman–Crippen MR) is 69.9 cm³/mol. The highest BCUT2D eigenvalue weighted by molar-refractivity contribution is 5.78. The van der Waals surface area contributed by atoms with Gasteiger partial charge in [0, 0.05) is 32.0 Å². The molecule has 4 nitrogen and oxygen atoms in total. The van der Waals surface area contributed by atoms with E-state index >= 15 is 0 Å². The van der Waals surface area contributed by atoms with Gasteiger partial charge in [-0.25, -0.2) is 0 Å². The van der Waals surface area contributed by atoms with Crippen LogP contribution in [0.3, 0.4) is 0 Å². The molecule has 0 radical (unpaired) electrons. The first-order valence-corrected chi connectivity index (χ1v) is 6.92. The van der Waals surface area contributed by atoms with Crippen LogP contribution in [0.25, 0.3) is 0 Å². The molecule has 0 bridgehead atoms. The first-order chi connectivity index (χ1) is 8.35. The molecule has 0 aliphatic carbocycles. The van der Waals surface area contributed by atoms with Gasteiger partial charge in [-0.1, -0.05) is 20.8 Å². The third kappa shape index (κ3) is 3.24. The number of hydrogen-bond acceptors (Lipinski definition) is 2. The molecule has 2 aliphatic heterocycles. The Bertz CT molecular complexity index is 346. The number of hydrogen-bond donors (Lipinski definition) is 1. The number of fused-ring (bicyclic) bond motifs is 1. The van der Waals surface area contributed by atoms with Crippen molar-refractivity contribution in [3.63, 3.8) is 0 Å². The highest BCUT2D eigenvalue weighted by Gasteiger charge is 2.35. The predicted octanol–water partition coefficient (Wildman–Crippen LogP) is 1.55. The lowest BCUT2D eigenvalue weighted by Gasteiger charge is -2.42. The summed E-state index contributed by atoms with van der Waals surface area (Å²) in [5.74, 6) is 0.893. The van der Waals surface area contributed by atoms with E-state index in [2.05, 4.69) is 26.1 Å². The van der Waals surface area contributed by atoms with Crippen LogP contribution >= 0.6 is 0 Å². The van der Waals surface area contributed by atoms with Crippen molar-refractivity contribution in [2.45, 2.75) is 52.5 Å². The maximum absolute atomic E-state index is 12.2. The summed E-state index contributed by atoms with van der Waals surface area (Å²) in [6.45, 7) is 7.89. The van der Waals surface area contributed by atoms with Gasteiger partial charge in [-0.15, -0.1) is 0 Å². The van der Waals surface area contributed by atoms with Crippen molar-refractivity contribution in [1.82, 2.24) is 10.2 Å². The number of nitrogens with zero attached hydrogens (tertiary/aromatic N) is 1. The molecule has 0 aromatic heterocycles. The SMILES string of the molecule is CC(C)(C)CC(=O)N1CCC2NC(=O)CCC2C1. The van der Waals surface area contributed by atoms with E-state index in [9.17, 15) is 9.59 Å². The molecule has 2 atom stereocenters. The summed E-state index contributed by atoms with van der Waals surface area (Å²) in [5, 5.41) is 3.05. The molecular weight excluding hydrogens is 228 g/mol. The fourth-order valence-corrected chi connectivity index (χ4v) is 2.90. The third-order valence-corrected chi connectivity index (χ3v) is 3.86. The molecule has 2 unspecified atom stereocenters. The molecule has 2 saturated heterocycles. The molecular formula is C14H24N2O2. The number of piperidine rings is 2. The smallest absolute Gasteiger partial charge is 0.223 e. The Balaban J connectivity index is 1.91. The average Bonchev–Trinajstić information content (AvgIpc) is 2.26. The van der Waals surface area contributed by atoms with Gasteiger partial charge in [0.1, 0.15) is 0 Å². The highest BCUT2D eigenvalue weighted by atomic mass is 16.2. The Labute approximate surface area is 109 Å². The molecule has 2 heterocycles. The van der Waals surface area contributed by atoms with Gasteiger partial charge in [0.15, 0.2) is 0 Å². The summed E-state index contributed by atoms with van der Waals surface area (Å²) in [7, 11) is 0. The van der Waals surface area contributed by atoms with Crippen LogP contribution < -0.4 is 5.32 Å². The Morgan fingerprint density at radius 1 is 1.39 bits per heavy atom. The maximum Gasteiger partial charge on any atom is 0.223 e. The summed E-state index contributed by atoms with van der Waals surface area (Å²) in [5.41, 5.74) is 0.0503. The summed E-state index contributed by atoms with van der Waals surface area (Å²) < 4.78 is 0. The van der Waals surface area contributed by atoms with Crippen LogP contribution in [-0.2, 0) is 9.59 Å². The van der Waals surface area contributed by atoms with E-state index in [0.29, 0.717) is 24.8 Å². The molecule has 2 amide bonds. The van der Waals surface area contributed by atoms with Gasteiger partial charge in [-0.3, -0.25) is 9.59 Å². The van der Waals surface area contributed by atoms with Gasteiger partial charge in [0.05, 0.1) is 0 Å². The van der Waals surface area contributed by atoms with Gasteiger partial charge in [0.25, 0.3) is 0 Å². The minimum Gasteiger partial charge on any atom is -0.353 e. The van der Waals surface area contributed by atoms with Crippen LogP contribution in [0.5, 0.6) is 0 Å².